The van der Waals surface area contributed by atoms with E-state index in [1.54, 1.807) is 0 Å². The quantitative estimate of drug-likeness (QED) is 0.304. The normalized spacial score (nSPS) is 10.8. The lowest BCUT2D eigenvalue weighted by Gasteiger charge is -2.11. The highest BCUT2D eigenvalue weighted by Gasteiger charge is 2.19. The first kappa shape index (κ1) is 21.6. The maximum absolute atomic E-state index is 12.6. The Morgan fingerprint density at radius 3 is 2.55 bits per heavy atom. The largest absolute Gasteiger partial charge is 0.324 e. The van der Waals surface area contributed by atoms with Crippen molar-refractivity contribution in [1.29, 1.82) is 0 Å². The van der Waals surface area contributed by atoms with Crippen molar-refractivity contribution in [2.75, 3.05) is 11.1 Å². The molecule has 0 bridgehead atoms. The number of anilines is 1. The third kappa shape index (κ3) is 5.01. The van der Waals surface area contributed by atoms with Gasteiger partial charge in [-0.15, -0.1) is 10.2 Å². The summed E-state index contributed by atoms with van der Waals surface area (Å²) in [5, 5.41) is 12.9. The van der Waals surface area contributed by atoms with Crippen LogP contribution in [-0.4, -0.2) is 26.4 Å². The number of para-hydroxylation sites is 1. The van der Waals surface area contributed by atoms with E-state index in [1.165, 1.54) is 11.8 Å². The van der Waals surface area contributed by atoms with Crippen LogP contribution in [0.1, 0.15) is 5.56 Å². The molecule has 3 aromatic carbocycles. The van der Waals surface area contributed by atoms with Crippen molar-refractivity contribution in [3.05, 3.63) is 87.9 Å². The van der Waals surface area contributed by atoms with Gasteiger partial charge in [0.15, 0.2) is 11.0 Å². The molecule has 4 aromatic rings. The van der Waals surface area contributed by atoms with Crippen molar-refractivity contribution in [3.63, 3.8) is 0 Å². The minimum absolute atomic E-state index is 0.128. The molecule has 1 N–H and O–H groups in total. The lowest BCUT2D eigenvalue weighted by Crippen LogP contribution is -2.15. The summed E-state index contributed by atoms with van der Waals surface area (Å²) in [5.74, 6) is 0.686. The summed E-state index contributed by atoms with van der Waals surface area (Å²) in [4.78, 5) is 12.6. The molecule has 0 radical (unpaired) electrons. The lowest BCUT2D eigenvalue weighted by atomic mass is 10.2. The van der Waals surface area contributed by atoms with Gasteiger partial charge >= 0.3 is 0 Å². The molecular weight excluding hydrogens is 496 g/mol. The number of amides is 1. The zero-order valence-corrected chi connectivity index (χ0v) is 19.7. The number of benzene rings is 3. The van der Waals surface area contributed by atoms with Gasteiger partial charge in [0.05, 0.1) is 16.5 Å². The molecule has 4 rings (SSSR count). The van der Waals surface area contributed by atoms with Crippen LogP contribution in [-0.2, 0) is 4.79 Å². The fourth-order valence-electron chi connectivity index (χ4n) is 3.03. The molecule has 1 aromatic heterocycles. The summed E-state index contributed by atoms with van der Waals surface area (Å²) in [6.07, 6.45) is 0. The summed E-state index contributed by atoms with van der Waals surface area (Å²) in [6.45, 7) is 2.00. The molecule has 0 atom stereocenters. The molecule has 0 fully saturated rings. The van der Waals surface area contributed by atoms with Crippen molar-refractivity contribution in [1.82, 2.24) is 14.8 Å². The summed E-state index contributed by atoms with van der Waals surface area (Å²) in [5.41, 5.74) is 3.52. The van der Waals surface area contributed by atoms with Crippen molar-refractivity contribution >= 4 is 50.9 Å². The maximum Gasteiger partial charge on any atom is 0.234 e. The number of nitrogens with one attached hydrogen (secondary N) is 1. The number of aryl methyl sites for hydroxylation is 1. The number of carbonyl (C=O) groups excluding carboxylic acids is 1. The molecule has 1 heterocycles. The van der Waals surface area contributed by atoms with Crippen LogP contribution in [0.25, 0.3) is 17.1 Å². The molecule has 0 aliphatic rings. The van der Waals surface area contributed by atoms with Crippen LogP contribution in [0, 0.1) is 6.92 Å². The molecule has 31 heavy (non-hydrogen) atoms. The SMILES string of the molecule is Cc1ccc(NC(=O)CSc2nnc(-c3ccccc3Cl)n2-c2ccccc2)c(Br)c1. The van der Waals surface area contributed by atoms with Gasteiger partial charge in [0, 0.05) is 15.7 Å². The van der Waals surface area contributed by atoms with E-state index in [0.29, 0.717) is 16.0 Å². The van der Waals surface area contributed by atoms with Gasteiger partial charge in [-0.3, -0.25) is 9.36 Å². The first-order valence-corrected chi connectivity index (χ1v) is 11.6. The second-order valence-electron chi connectivity index (χ2n) is 6.78. The standard InChI is InChI=1S/C23H18BrClN4OS/c1-15-11-12-20(18(24)13-15)26-21(30)14-31-23-28-27-22(17-9-5-6-10-19(17)25)29(23)16-7-3-2-4-8-16/h2-13H,14H2,1H3,(H,26,30). The monoisotopic (exact) mass is 512 g/mol. The Hall–Kier alpha value is -2.61. The zero-order chi connectivity index (χ0) is 21.8. The van der Waals surface area contributed by atoms with Crippen LogP contribution in [0.3, 0.4) is 0 Å². The van der Waals surface area contributed by atoms with Crippen LogP contribution in [0.15, 0.2) is 82.4 Å². The van der Waals surface area contributed by atoms with E-state index >= 15 is 0 Å². The molecule has 0 saturated heterocycles. The Kier molecular flexibility index (Phi) is 6.75. The number of hydrogen-bond donors (Lipinski definition) is 1. The van der Waals surface area contributed by atoms with E-state index in [1.807, 2.05) is 84.3 Å². The van der Waals surface area contributed by atoms with Gasteiger partial charge in [0.2, 0.25) is 5.91 Å². The van der Waals surface area contributed by atoms with Gasteiger partial charge in [-0.2, -0.15) is 0 Å². The average molecular weight is 514 g/mol. The smallest absolute Gasteiger partial charge is 0.234 e. The second kappa shape index (κ2) is 9.68. The number of nitrogens with zero attached hydrogens (tertiary/aromatic N) is 3. The first-order valence-electron chi connectivity index (χ1n) is 9.47. The Balaban J connectivity index is 1.60. The van der Waals surface area contributed by atoms with E-state index in [2.05, 4.69) is 31.4 Å². The maximum atomic E-state index is 12.6. The van der Waals surface area contributed by atoms with Crippen LogP contribution in [0.4, 0.5) is 5.69 Å². The van der Waals surface area contributed by atoms with Gasteiger partial charge in [-0.1, -0.05) is 59.8 Å². The number of hydrogen-bond acceptors (Lipinski definition) is 4. The van der Waals surface area contributed by atoms with Gasteiger partial charge in [-0.05, 0) is 64.8 Å². The summed E-state index contributed by atoms with van der Waals surface area (Å²) in [6, 6.07) is 23.1. The fraction of sp³-hybridized carbons (Fsp3) is 0.0870. The van der Waals surface area contributed by atoms with E-state index in [9.17, 15) is 4.79 Å². The van der Waals surface area contributed by atoms with Gasteiger partial charge in [0.1, 0.15) is 0 Å². The summed E-state index contributed by atoms with van der Waals surface area (Å²) < 4.78 is 2.76. The number of thioether (sulfide) groups is 1. The third-order valence-electron chi connectivity index (χ3n) is 4.49. The van der Waals surface area contributed by atoms with Gasteiger partial charge in [0.25, 0.3) is 0 Å². The van der Waals surface area contributed by atoms with Crippen molar-refractivity contribution in [3.8, 4) is 17.1 Å². The molecule has 0 spiro atoms. The molecule has 156 valence electrons. The number of halogens is 2. The number of carbonyl (C=O) groups is 1. The Morgan fingerprint density at radius 2 is 1.81 bits per heavy atom. The molecular formula is C23H18BrClN4OS. The van der Waals surface area contributed by atoms with Crippen LogP contribution in [0.5, 0.6) is 0 Å². The predicted octanol–water partition coefficient (Wildman–Crippen LogP) is 6.39. The second-order valence-corrected chi connectivity index (χ2v) is 8.98. The predicted molar refractivity (Wildman–Crippen MR) is 130 cm³/mol. The number of rotatable bonds is 6. The zero-order valence-electron chi connectivity index (χ0n) is 16.5. The summed E-state index contributed by atoms with van der Waals surface area (Å²) in [7, 11) is 0. The first-order chi connectivity index (χ1) is 15.0. The Bertz CT molecular complexity index is 1230. The minimum atomic E-state index is -0.128. The van der Waals surface area contributed by atoms with Crippen LogP contribution < -0.4 is 5.32 Å². The minimum Gasteiger partial charge on any atom is -0.324 e. The van der Waals surface area contributed by atoms with Crippen molar-refractivity contribution in [2.45, 2.75) is 12.1 Å². The average Bonchev–Trinajstić information content (AvgIpc) is 3.19. The van der Waals surface area contributed by atoms with Crippen molar-refractivity contribution in [2.24, 2.45) is 0 Å². The summed E-state index contributed by atoms with van der Waals surface area (Å²) >= 11 is 11.2. The molecule has 0 aliphatic carbocycles. The Labute approximate surface area is 198 Å². The highest BCUT2D eigenvalue weighted by atomic mass is 79.9. The Morgan fingerprint density at radius 1 is 1.06 bits per heavy atom. The lowest BCUT2D eigenvalue weighted by molar-refractivity contribution is -0.113. The van der Waals surface area contributed by atoms with Gasteiger partial charge in [-0.25, -0.2) is 0 Å². The molecule has 5 nitrogen and oxygen atoms in total. The molecule has 1 amide bonds. The van der Waals surface area contributed by atoms with E-state index < -0.39 is 0 Å². The van der Waals surface area contributed by atoms with Crippen LogP contribution >= 0.6 is 39.3 Å². The van der Waals surface area contributed by atoms with E-state index in [-0.39, 0.29) is 11.7 Å². The topological polar surface area (TPSA) is 59.8 Å². The van der Waals surface area contributed by atoms with Crippen LogP contribution in [0.2, 0.25) is 5.02 Å². The highest BCUT2D eigenvalue weighted by Crippen LogP contribution is 2.32. The van der Waals surface area contributed by atoms with E-state index in [4.69, 9.17) is 11.6 Å². The molecule has 0 saturated carbocycles. The van der Waals surface area contributed by atoms with Crippen molar-refractivity contribution < 1.29 is 4.79 Å². The molecule has 0 unspecified atom stereocenters. The highest BCUT2D eigenvalue weighted by molar-refractivity contribution is 9.10. The molecule has 0 aliphatic heterocycles. The molecule has 8 heteroatoms. The number of aromatic nitrogens is 3. The third-order valence-corrected chi connectivity index (χ3v) is 6.41. The van der Waals surface area contributed by atoms with E-state index in [0.717, 1.165) is 27.0 Å². The fourth-order valence-corrected chi connectivity index (χ4v) is 4.59. The van der Waals surface area contributed by atoms with Gasteiger partial charge < -0.3 is 5.32 Å².